The second-order valence-corrected chi connectivity index (χ2v) is 5.29. The van der Waals surface area contributed by atoms with Gasteiger partial charge in [0.05, 0.1) is 12.0 Å². The Hall–Kier alpha value is -1.39. The highest BCUT2D eigenvalue weighted by Crippen LogP contribution is 2.20. The standard InChI is InChI=1S/C16H23NO3/c1-12(15(19-2)14-9-6-10-17-14)16(18)20-11-13-7-4-3-5-8-13/h3-5,7-8,12,14-15,17H,6,9-11H2,1-2H3. The fraction of sp³-hybridized carbons (Fsp3) is 0.562. The minimum absolute atomic E-state index is 0.124. The van der Waals surface area contributed by atoms with E-state index in [2.05, 4.69) is 5.32 Å². The number of rotatable bonds is 6. The van der Waals surface area contributed by atoms with E-state index in [-0.39, 0.29) is 24.0 Å². The lowest BCUT2D eigenvalue weighted by atomic mass is 9.96. The van der Waals surface area contributed by atoms with E-state index in [9.17, 15) is 4.79 Å². The maximum atomic E-state index is 12.1. The molecule has 1 saturated heterocycles. The van der Waals surface area contributed by atoms with Gasteiger partial charge in [-0.2, -0.15) is 0 Å². The molecule has 4 nitrogen and oxygen atoms in total. The van der Waals surface area contributed by atoms with Crippen molar-refractivity contribution in [1.82, 2.24) is 5.32 Å². The molecular formula is C16H23NO3. The molecular weight excluding hydrogens is 254 g/mol. The van der Waals surface area contributed by atoms with Gasteiger partial charge in [0.2, 0.25) is 0 Å². The van der Waals surface area contributed by atoms with Crippen molar-refractivity contribution in [2.75, 3.05) is 13.7 Å². The van der Waals surface area contributed by atoms with E-state index in [0.717, 1.165) is 24.9 Å². The molecule has 4 heteroatoms. The molecule has 0 saturated carbocycles. The summed E-state index contributed by atoms with van der Waals surface area (Å²) in [5.74, 6) is -0.464. The first-order valence-corrected chi connectivity index (χ1v) is 7.19. The second kappa shape index (κ2) is 7.41. The van der Waals surface area contributed by atoms with Crippen LogP contribution in [0.3, 0.4) is 0 Å². The molecule has 2 rings (SSSR count). The minimum atomic E-state index is -0.265. The molecule has 1 aromatic rings. The molecule has 0 spiro atoms. The number of ether oxygens (including phenoxy) is 2. The molecule has 0 aromatic heterocycles. The van der Waals surface area contributed by atoms with Crippen LogP contribution >= 0.6 is 0 Å². The zero-order valence-electron chi connectivity index (χ0n) is 12.2. The van der Waals surface area contributed by atoms with Gasteiger partial charge in [-0.05, 0) is 31.9 Å². The summed E-state index contributed by atoms with van der Waals surface area (Å²) in [6, 6.07) is 9.97. The second-order valence-electron chi connectivity index (χ2n) is 5.29. The lowest BCUT2D eigenvalue weighted by Crippen LogP contribution is -2.43. The summed E-state index contributed by atoms with van der Waals surface area (Å²) >= 11 is 0. The maximum absolute atomic E-state index is 12.1. The number of benzene rings is 1. The maximum Gasteiger partial charge on any atom is 0.311 e. The quantitative estimate of drug-likeness (QED) is 0.809. The van der Waals surface area contributed by atoms with Gasteiger partial charge in [-0.3, -0.25) is 4.79 Å². The molecule has 110 valence electrons. The summed E-state index contributed by atoms with van der Waals surface area (Å²) in [6.45, 7) is 3.19. The average molecular weight is 277 g/mol. The summed E-state index contributed by atoms with van der Waals surface area (Å²) in [5.41, 5.74) is 1.00. The average Bonchev–Trinajstić information content (AvgIpc) is 3.00. The third-order valence-corrected chi connectivity index (χ3v) is 3.86. The number of methoxy groups -OCH3 is 1. The van der Waals surface area contributed by atoms with Gasteiger partial charge in [0, 0.05) is 13.2 Å². The Kier molecular flexibility index (Phi) is 5.56. The molecule has 1 heterocycles. The van der Waals surface area contributed by atoms with Crippen molar-refractivity contribution in [2.45, 2.75) is 38.5 Å². The van der Waals surface area contributed by atoms with E-state index < -0.39 is 0 Å². The van der Waals surface area contributed by atoms with E-state index in [1.165, 1.54) is 0 Å². The Balaban J connectivity index is 1.86. The minimum Gasteiger partial charge on any atom is -0.461 e. The Morgan fingerprint density at radius 2 is 2.15 bits per heavy atom. The van der Waals surface area contributed by atoms with Gasteiger partial charge in [0.15, 0.2) is 0 Å². The number of nitrogens with one attached hydrogen (secondary N) is 1. The highest BCUT2D eigenvalue weighted by Gasteiger charge is 2.33. The molecule has 1 N–H and O–H groups in total. The van der Waals surface area contributed by atoms with Gasteiger partial charge in [0.25, 0.3) is 0 Å². The fourth-order valence-corrected chi connectivity index (χ4v) is 2.70. The number of hydrogen-bond acceptors (Lipinski definition) is 4. The summed E-state index contributed by atoms with van der Waals surface area (Å²) in [6.07, 6.45) is 2.06. The van der Waals surface area contributed by atoms with Crippen LogP contribution in [-0.2, 0) is 20.9 Å². The monoisotopic (exact) mass is 277 g/mol. The molecule has 20 heavy (non-hydrogen) atoms. The van der Waals surface area contributed by atoms with Gasteiger partial charge in [-0.1, -0.05) is 30.3 Å². The number of carbonyl (C=O) groups is 1. The van der Waals surface area contributed by atoms with Crippen molar-refractivity contribution in [1.29, 1.82) is 0 Å². The van der Waals surface area contributed by atoms with Crippen LogP contribution in [0.25, 0.3) is 0 Å². The van der Waals surface area contributed by atoms with Crippen molar-refractivity contribution in [3.8, 4) is 0 Å². The predicted molar refractivity (Wildman–Crippen MR) is 77.2 cm³/mol. The van der Waals surface area contributed by atoms with Crippen molar-refractivity contribution in [3.05, 3.63) is 35.9 Å². The summed E-state index contributed by atoms with van der Waals surface area (Å²) in [5, 5.41) is 3.38. The Morgan fingerprint density at radius 3 is 2.75 bits per heavy atom. The zero-order valence-corrected chi connectivity index (χ0v) is 12.2. The number of hydrogen-bond donors (Lipinski definition) is 1. The first kappa shape index (κ1) is 15.0. The van der Waals surface area contributed by atoms with E-state index in [0.29, 0.717) is 6.61 Å². The van der Waals surface area contributed by atoms with Gasteiger partial charge in [0.1, 0.15) is 6.61 Å². The summed E-state index contributed by atoms with van der Waals surface area (Å²) in [7, 11) is 1.66. The Labute approximate surface area is 120 Å². The van der Waals surface area contributed by atoms with Crippen molar-refractivity contribution in [2.24, 2.45) is 5.92 Å². The number of carbonyl (C=O) groups excluding carboxylic acids is 1. The molecule has 1 aliphatic heterocycles. The third kappa shape index (κ3) is 3.81. The highest BCUT2D eigenvalue weighted by atomic mass is 16.5. The van der Waals surface area contributed by atoms with Crippen LogP contribution < -0.4 is 5.32 Å². The van der Waals surface area contributed by atoms with Crippen LogP contribution in [0.4, 0.5) is 0 Å². The zero-order chi connectivity index (χ0) is 14.4. The lowest BCUT2D eigenvalue weighted by molar-refractivity contribution is -0.154. The molecule has 3 atom stereocenters. The van der Waals surface area contributed by atoms with Gasteiger partial charge in [-0.15, -0.1) is 0 Å². The first-order chi connectivity index (χ1) is 9.72. The van der Waals surface area contributed by atoms with Crippen LogP contribution in [-0.4, -0.2) is 31.8 Å². The van der Waals surface area contributed by atoms with Crippen molar-refractivity contribution < 1.29 is 14.3 Å². The van der Waals surface area contributed by atoms with Gasteiger partial charge >= 0.3 is 5.97 Å². The SMILES string of the molecule is COC(C1CCCN1)C(C)C(=O)OCc1ccccc1. The normalized spacial score (nSPS) is 21.4. The van der Waals surface area contributed by atoms with Crippen LogP contribution in [0.2, 0.25) is 0 Å². The van der Waals surface area contributed by atoms with E-state index in [4.69, 9.17) is 9.47 Å². The van der Waals surface area contributed by atoms with Gasteiger partial charge in [-0.25, -0.2) is 0 Å². The molecule has 1 fully saturated rings. The lowest BCUT2D eigenvalue weighted by Gasteiger charge is -2.26. The van der Waals surface area contributed by atoms with Crippen LogP contribution in [0, 0.1) is 5.92 Å². The Morgan fingerprint density at radius 1 is 1.40 bits per heavy atom. The van der Waals surface area contributed by atoms with Crippen LogP contribution in [0.5, 0.6) is 0 Å². The molecule has 3 unspecified atom stereocenters. The molecule has 0 bridgehead atoms. The van der Waals surface area contributed by atoms with Crippen LogP contribution in [0.1, 0.15) is 25.3 Å². The molecule has 0 aliphatic carbocycles. The highest BCUT2D eigenvalue weighted by molar-refractivity contribution is 5.72. The smallest absolute Gasteiger partial charge is 0.311 e. The van der Waals surface area contributed by atoms with E-state index in [1.807, 2.05) is 37.3 Å². The first-order valence-electron chi connectivity index (χ1n) is 7.19. The van der Waals surface area contributed by atoms with Gasteiger partial charge < -0.3 is 14.8 Å². The van der Waals surface area contributed by atoms with E-state index >= 15 is 0 Å². The summed E-state index contributed by atoms with van der Waals surface area (Å²) in [4.78, 5) is 12.1. The molecule has 0 amide bonds. The Bertz CT molecular complexity index is 415. The van der Waals surface area contributed by atoms with Crippen LogP contribution in [0.15, 0.2) is 30.3 Å². The largest absolute Gasteiger partial charge is 0.461 e. The third-order valence-electron chi connectivity index (χ3n) is 3.86. The predicted octanol–water partition coefficient (Wildman–Crippen LogP) is 2.13. The molecule has 1 aromatic carbocycles. The van der Waals surface area contributed by atoms with Crippen molar-refractivity contribution in [3.63, 3.8) is 0 Å². The fourth-order valence-electron chi connectivity index (χ4n) is 2.70. The summed E-state index contributed by atoms with van der Waals surface area (Å²) < 4.78 is 10.9. The molecule has 1 aliphatic rings. The van der Waals surface area contributed by atoms with Crippen molar-refractivity contribution >= 4 is 5.97 Å². The van der Waals surface area contributed by atoms with E-state index in [1.54, 1.807) is 7.11 Å². The number of esters is 1. The topological polar surface area (TPSA) is 47.6 Å². The molecule has 0 radical (unpaired) electrons.